The molecule has 0 aliphatic rings. The highest BCUT2D eigenvalue weighted by Gasteiger charge is 2.10. The Hall–Kier alpha value is -1.48. The van der Waals surface area contributed by atoms with Crippen LogP contribution in [0.1, 0.15) is 11.1 Å². The molecule has 0 saturated heterocycles. The highest BCUT2D eigenvalue weighted by molar-refractivity contribution is 6.33. The average molecular weight is 222 g/mol. The second-order valence-corrected chi connectivity index (χ2v) is 4.03. The maximum atomic E-state index is 6.02. The fraction of sp³-hybridized carbons (Fsp3) is 0.182. The summed E-state index contributed by atoms with van der Waals surface area (Å²) in [4.78, 5) is 0. The first-order valence-corrected chi connectivity index (χ1v) is 5.03. The van der Waals surface area contributed by atoms with Gasteiger partial charge >= 0.3 is 0 Å². The Morgan fingerprint density at radius 2 is 2.07 bits per heavy atom. The molecule has 3 nitrogen and oxygen atoms in total. The van der Waals surface area contributed by atoms with Crippen LogP contribution in [-0.4, -0.2) is 10.2 Å². The minimum absolute atomic E-state index is 0.614. The summed E-state index contributed by atoms with van der Waals surface area (Å²) < 4.78 is 0. The van der Waals surface area contributed by atoms with Crippen LogP contribution in [0.3, 0.4) is 0 Å². The van der Waals surface area contributed by atoms with Crippen LogP contribution in [0.25, 0.3) is 11.3 Å². The zero-order valence-electron chi connectivity index (χ0n) is 8.63. The van der Waals surface area contributed by atoms with Crippen LogP contribution in [0.4, 0.5) is 5.69 Å². The van der Waals surface area contributed by atoms with Crippen LogP contribution in [0.15, 0.2) is 18.3 Å². The molecule has 0 aliphatic carbocycles. The van der Waals surface area contributed by atoms with E-state index in [2.05, 4.69) is 10.2 Å². The predicted octanol–water partition coefficient (Wildman–Crippen LogP) is 2.93. The van der Waals surface area contributed by atoms with E-state index in [1.54, 1.807) is 6.20 Å². The number of hydrogen-bond donors (Lipinski definition) is 2. The predicted molar refractivity (Wildman–Crippen MR) is 62.9 cm³/mol. The van der Waals surface area contributed by atoms with Crippen LogP contribution >= 0.6 is 11.6 Å². The van der Waals surface area contributed by atoms with Crippen LogP contribution in [-0.2, 0) is 0 Å². The lowest BCUT2D eigenvalue weighted by molar-refractivity contribution is 1.09. The largest absolute Gasteiger partial charge is 0.398 e. The van der Waals surface area contributed by atoms with Gasteiger partial charge < -0.3 is 5.73 Å². The van der Waals surface area contributed by atoms with Crippen LogP contribution in [0, 0.1) is 13.8 Å². The molecule has 0 amide bonds. The summed E-state index contributed by atoms with van der Waals surface area (Å²) in [6.07, 6.45) is 1.59. The average Bonchev–Trinajstić information content (AvgIpc) is 2.58. The zero-order valence-corrected chi connectivity index (χ0v) is 9.39. The van der Waals surface area contributed by atoms with Gasteiger partial charge in [0.1, 0.15) is 0 Å². The number of halogens is 1. The molecule has 0 radical (unpaired) electrons. The van der Waals surface area contributed by atoms with E-state index < -0.39 is 0 Å². The number of nitrogens with one attached hydrogen (secondary N) is 1. The minimum Gasteiger partial charge on any atom is -0.398 e. The summed E-state index contributed by atoms with van der Waals surface area (Å²) in [5, 5.41) is 7.39. The van der Waals surface area contributed by atoms with E-state index in [1.165, 1.54) is 0 Å². The van der Waals surface area contributed by atoms with Crippen LogP contribution in [0.2, 0.25) is 5.02 Å². The van der Waals surface area contributed by atoms with Crippen molar-refractivity contribution < 1.29 is 0 Å². The van der Waals surface area contributed by atoms with Crippen LogP contribution < -0.4 is 5.73 Å². The Morgan fingerprint density at radius 3 is 2.67 bits per heavy atom. The topological polar surface area (TPSA) is 54.7 Å². The smallest absolute Gasteiger partial charge is 0.0863 e. The SMILES string of the molecule is Cc1cc(N)c(C)c(-c2[nH]ncc2Cl)c1. The van der Waals surface area contributed by atoms with E-state index in [0.29, 0.717) is 5.02 Å². The Kier molecular flexibility index (Phi) is 2.40. The normalized spacial score (nSPS) is 10.6. The molecule has 0 fully saturated rings. The van der Waals surface area contributed by atoms with E-state index in [9.17, 15) is 0 Å². The molecule has 0 atom stereocenters. The minimum atomic E-state index is 0.614. The lowest BCUT2D eigenvalue weighted by Gasteiger charge is -2.08. The number of nitrogen functional groups attached to an aromatic ring is 1. The Morgan fingerprint density at radius 1 is 1.33 bits per heavy atom. The second-order valence-electron chi connectivity index (χ2n) is 3.62. The van der Waals surface area contributed by atoms with Crippen molar-refractivity contribution in [3.63, 3.8) is 0 Å². The maximum Gasteiger partial charge on any atom is 0.0863 e. The molecule has 4 heteroatoms. The van der Waals surface area contributed by atoms with E-state index >= 15 is 0 Å². The number of aryl methyl sites for hydroxylation is 1. The lowest BCUT2D eigenvalue weighted by atomic mass is 10.0. The molecule has 1 aromatic carbocycles. The van der Waals surface area contributed by atoms with Gasteiger partial charge in [-0.15, -0.1) is 0 Å². The summed E-state index contributed by atoms with van der Waals surface area (Å²) in [6.45, 7) is 3.98. The summed E-state index contributed by atoms with van der Waals surface area (Å²) >= 11 is 6.02. The van der Waals surface area contributed by atoms with E-state index in [-0.39, 0.29) is 0 Å². The third kappa shape index (κ3) is 1.70. The molecule has 3 N–H and O–H groups in total. The first-order valence-electron chi connectivity index (χ1n) is 4.65. The Balaban J connectivity index is 2.68. The zero-order chi connectivity index (χ0) is 11.0. The van der Waals surface area contributed by atoms with Crippen molar-refractivity contribution in [1.82, 2.24) is 10.2 Å². The number of rotatable bonds is 1. The monoisotopic (exact) mass is 221 g/mol. The number of hydrogen-bond acceptors (Lipinski definition) is 2. The molecule has 78 valence electrons. The van der Waals surface area contributed by atoms with Crippen molar-refractivity contribution in [3.8, 4) is 11.3 Å². The van der Waals surface area contributed by atoms with Gasteiger partial charge in [-0.2, -0.15) is 5.10 Å². The van der Waals surface area contributed by atoms with Crippen molar-refractivity contribution in [3.05, 3.63) is 34.5 Å². The maximum absolute atomic E-state index is 6.02. The van der Waals surface area contributed by atoms with Crippen LogP contribution in [0.5, 0.6) is 0 Å². The molecule has 0 unspecified atom stereocenters. The van der Waals surface area contributed by atoms with Gasteiger partial charge in [-0.05, 0) is 37.1 Å². The molecule has 0 aliphatic heterocycles. The summed E-state index contributed by atoms with van der Waals surface area (Å²) in [6, 6.07) is 3.99. The lowest BCUT2D eigenvalue weighted by Crippen LogP contribution is -1.94. The van der Waals surface area contributed by atoms with Crippen molar-refractivity contribution in [2.24, 2.45) is 0 Å². The molecule has 1 aromatic heterocycles. The third-order valence-corrected chi connectivity index (χ3v) is 2.74. The summed E-state index contributed by atoms with van der Waals surface area (Å²) in [5.41, 5.74) is 10.6. The Bertz CT molecular complexity index is 503. The van der Waals surface area contributed by atoms with Gasteiger partial charge in [-0.25, -0.2) is 0 Å². The Labute approximate surface area is 93.3 Å². The highest BCUT2D eigenvalue weighted by Crippen LogP contribution is 2.31. The third-order valence-electron chi connectivity index (χ3n) is 2.45. The molecular weight excluding hydrogens is 210 g/mol. The van der Waals surface area contributed by atoms with Crippen molar-refractivity contribution in [2.45, 2.75) is 13.8 Å². The molecule has 2 rings (SSSR count). The molecule has 0 saturated carbocycles. The van der Waals surface area contributed by atoms with Gasteiger partial charge in [-0.1, -0.05) is 11.6 Å². The molecule has 1 heterocycles. The van der Waals surface area contributed by atoms with Gasteiger partial charge in [0.15, 0.2) is 0 Å². The summed E-state index contributed by atoms with van der Waals surface area (Å²) in [5.74, 6) is 0. The highest BCUT2D eigenvalue weighted by atomic mass is 35.5. The fourth-order valence-corrected chi connectivity index (χ4v) is 1.80. The molecule has 2 aromatic rings. The van der Waals surface area contributed by atoms with Crippen molar-refractivity contribution in [2.75, 3.05) is 5.73 Å². The van der Waals surface area contributed by atoms with E-state index in [0.717, 1.165) is 28.1 Å². The molecule has 15 heavy (non-hydrogen) atoms. The van der Waals surface area contributed by atoms with E-state index in [4.69, 9.17) is 17.3 Å². The van der Waals surface area contributed by atoms with Gasteiger partial charge in [-0.3, -0.25) is 5.10 Å². The summed E-state index contributed by atoms with van der Waals surface area (Å²) in [7, 11) is 0. The number of anilines is 1. The number of benzene rings is 1. The molecular formula is C11H12ClN3. The number of aromatic nitrogens is 2. The van der Waals surface area contributed by atoms with Gasteiger partial charge in [0.25, 0.3) is 0 Å². The number of aromatic amines is 1. The molecule has 0 spiro atoms. The number of nitrogens with two attached hydrogens (primary N) is 1. The van der Waals surface area contributed by atoms with Gasteiger partial charge in [0.2, 0.25) is 0 Å². The second kappa shape index (κ2) is 3.59. The van der Waals surface area contributed by atoms with Gasteiger partial charge in [0.05, 0.1) is 16.9 Å². The standard InChI is InChI=1S/C11H12ClN3/c1-6-3-8(7(2)10(13)4-6)11-9(12)5-14-15-11/h3-5H,13H2,1-2H3,(H,14,15). The van der Waals surface area contributed by atoms with E-state index in [1.807, 2.05) is 26.0 Å². The number of H-pyrrole nitrogens is 1. The quantitative estimate of drug-likeness (QED) is 0.728. The molecule has 0 bridgehead atoms. The van der Waals surface area contributed by atoms with Crippen molar-refractivity contribution >= 4 is 17.3 Å². The number of nitrogens with zero attached hydrogens (tertiary/aromatic N) is 1. The van der Waals surface area contributed by atoms with Crippen molar-refractivity contribution in [1.29, 1.82) is 0 Å². The van der Waals surface area contributed by atoms with Gasteiger partial charge in [0, 0.05) is 11.3 Å². The first-order chi connectivity index (χ1) is 7.09. The fourth-order valence-electron chi connectivity index (χ4n) is 1.61. The first kappa shape index (κ1) is 10.1.